The molecule has 2 rings (SSSR count). The fourth-order valence-electron chi connectivity index (χ4n) is 2.30. The Kier molecular flexibility index (Phi) is 5.54. The van der Waals surface area contributed by atoms with Gasteiger partial charge in [0, 0.05) is 13.7 Å². The molecule has 0 aliphatic carbocycles. The number of amides is 2. The molecule has 0 spiro atoms. The Bertz CT molecular complexity index is 584. The Labute approximate surface area is 144 Å². The molecule has 2 amide bonds. The smallest absolute Gasteiger partial charge is 0.410 e. The van der Waals surface area contributed by atoms with Gasteiger partial charge in [-0.05, 0) is 32.9 Å². The van der Waals surface area contributed by atoms with Gasteiger partial charge in [-0.3, -0.25) is 4.79 Å². The molecule has 0 aromatic carbocycles. The van der Waals surface area contributed by atoms with Crippen molar-refractivity contribution in [3.8, 4) is 0 Å². The number of nitrogens with zero attached hydrogens (tertiary/aromatic N) is 1. The summed E-state index contributed by atoms with van der Waals surface area (Å²) >= 11 is 7.06. The molecule has 128 valence electrons. The number of halogens is 1. The number of rotatable bonds is 3. The zero-order chi connectivity index (χ0) is 17.2. The van der Waals surface area contributed by atoms with Crippen LogP contribution in [0.5, 0.6) is 0 Å². The van der Waals surface area contributed by atoms with E-state index in [0.717, 1.165) is 0 Å². The van der Waals surface area contributed by atoms with Gasteiger partial charge in [0.05, 0.1) is 27.9 Å². The minimum atomic E-state index is -0.561. The summed E-state index contributed by atoms with van der Waals surface area (Å²) in [6, 6.07) is 3.06. The predicted molar refractivity (Wildman–Crippen MR) is 89.2 cm³/mol. The highest BCUT2D eigenvalue weighted by Crippen LogP contribution is 2.22. The molecule has 2 heterocycles. The first-order valence-electron chi connectivity index (χ1n) is 7.26. The van der Waals surface area contributed by atoms with Crippen molar-refractivity contribution in [2.45, 2.75) is 38.5 Å². The topological polar surface area (TPSA) is 67.9 Å². The largest absolute Gasteiger partial charge is 0.444 e. The van der Waals surface area contributed by atoms with E-state index in [1.807, 2.05) is 20.8 Å². The molecule has 0 bridgehead atoms. The first kappa shape index (κ1) is 18.0. The predicted octanol–water partition coefficient (Wildman–Crippen LogP) is 2.77. The van der Waals surface area contributed by atoms with Gasteiger partial charge in [-0.15, -0.1) is 11.3 Å². The molecular formula is C15H21ClN2O4S. The lowest BCUT2D eigenvalue weighted by molar-refractivity contribution is 0.0252. The SMILES string of the molecule is COC1CN(C(=O)OC(C)(C)C)CC1NC(=O)c1ccc(Cl)s1. The van der Waals surface area contributed by atoms with E-state index in [1.54, 1.807) is 24.1 Å². The van der Waals surface area contributed by atoms with E-state index >= 15 is 0 Å². The van der Waals surface area contributed by atoms with Gasteiger partial charge in [0.2, 0.25) is 0 Å². The van der Waals surface area contributed by atoms with Crippen molar-refractivity contribution in [3.63, 3.8) is 0 Å². The fraction of sp³-hybridized carbons (Fsp3) is 0.600. The lowest BCUT2D eigenvalue weighted by Gasteiger charge is -2.24. The molecule has 0 saturated carbocycles. The summed E-state index contributed by atoms with van der Waals surface area (Å²) in [4.78, 5) is 26.5. The molecule has 8 heteroatoms. The Hall–Kier alpha value is -1.31. The maximum Gasteiger partial charge on any atom is 0.410 e. The highest BCUT2D eigenvalue weighted by Gasteiger charge is 2.38. The molecule has 1 aliphatic rings. The Morgan fingerprint density at radius 3 is 2.57 bits per heavy atom. The molecule has 2 unspecified atom stereocenters. The average molecular weight is 361 g/mol. The number of hydrogen-bond donors (Lipinski definition) is 1. The van der Waals surface area contributed by atoms with Gasteiger partial charge in [-0.2, -0.15) is 0 Å². The third-order valence-corrected chi connectivity index (χ3v) is 4.56. The van der Waals surface area contributed by atoms with Crippen molar-refractivity contribution < 1.29 is 19.1 Å². The quantitative estimate of drug-likeness (QED) is 0.900. The van der Waals surface area contributed by atoms with Gasteiger partial charge < -0.3 is 19.7 Å². The van der Waals surface area contributed by atoms with Gasteiger partial charge in [0.15, 0.2) is 0 Å². The average Bonchev–Trinajstić information content (AvgIpc) is 3.03. The van der Waals surface area contributed by atoms with Crippen LogP contribution in [0, 0.1) is 0 Å². The molecule has 1 aliphatic heterocycles. The number of hydrogen-bond acceptors (Lipinski definition) is 5. The third-order valence-electron chi connectivity index (χ3n) is 3.33. The maximum atomic E-state index is 12.2. The summed E-state index contributed by atoms with van der Waals surface area (Å²) in [6.45, 7) is 6.16. The van der Waals surface area contributed by atoms with E-state index < -0.39 is 11.7 Å². The molecule has 1 N–H and O–H groups in total. The van der Waals surface area contributed by atoms with Crippen LogP contribution in [0.1, 0.15) is 30.4 Å². The first-order valence-corrected chi connectivity index (χ1v) is 8.46. The third kappa shape index (κ3) is 4.83. The van der Waals surface area contributed by atoms with Crippen molar-refractivity contribution in [1.29, 1.82) is 0 Å². The number of carbonyl (C=O) groups is 2. The van der Waals surface area contributed by atoms with E-state index in [0.29, 0.717) is 22.3 Å². The Balaban J connectivity index is 1.99. The minimum Gasteiger partial charge on any atom is -0.444 e. The van der Waals surface area contributed by atoms with Gasteiger partial charge >= 0.3 is 6.09 Å². The summed E-state index contributed by atoms with van der Waals surface area (Å²) in [5, 5.41) is 2.90. The molecule has 2 atom stereocenters. The number of methoxy groups -OCH3 is 1. The van der Waals surface area contributed by atoms with Crippen LogP contribution in [0.3, 0.4) is 0 Å². The normalized spacial score (nSPS) is 21.3. The van der Waals surface area contributed by atoms with E-state index in [2.05, 4.69) is 5.32 Å². The van der Waals surface area contributed by atoms with E-state index in [1.165, 1.54) is 11.3 Å². The Morgan fingerprint density at radius 2 is 2.04 bits per heavy atom. The van der Waals surface area contributed by atoms with Gasteiger partial charge in [-0.25, -0.2) is 4.79 Å². The van der Waals surface area contributed by atoms with Crippen molar-refractivity contribution in [1.82, 2.24) is 10.2 Å². The van der Waals surface area contributed by atoms with Crippen molar-refractivity contribution in [2.24, 2.45) is 0 Å². The molecule has 1 saturated heterocycles. The number of nitrogens with one attached hydrogen (secondary N) is 1. The highest BCUT2D eigenvalue weighted by molar-refractivity contribution is 7.18. The van der Waals surface area contributed by atoms with Crippen molar-refractivity contribution in [2.75, 3.05) is 20.2 Å². The van der Waals surface area contributed by atoms with Crippen LogP contribution in [0.2, 0.25) is 4.34 Å². The van der Waals surface area contributed by atoms with Crippen LogP contribution in [-0.2, 0) is 9.47 Å². The Morgan fingerprint density at radius 1 is 1.35 bits per heavy atom. The van der Waals surface area contributed by atoms with Gasteiger partial charge in [0.25, 0.3) is 5.91 Å². The van der Waals surface area contributed by atoms with E-state index in [-0.39, 0.29) is 18.1 Å². The van der Waals surface area contributed by atoms with Crippen LogP contribution < -0.4 is 5.32 Å². The van der Waals surface area contributed by atoms with Crippen LogP contribution in [0.25, 0.3) is 0 Å². The molecule has 6 nitrogen and oxygen atoms in total. The van der Waals surface area contributed by atoms with Crippen LogP contribution >= 0.6 is 22.9 Å². The summed E-state index contributed by atoms with van der Waals surface area (Å²) in [6.07, 6.45) is -0.683. The fourth-order valence-corrected chi connectivity index (χ4v) is 3.25. The summed E-state index contributed by atoms with van der Waals surface area (Å²) in [5.41, 5.74) is -0.561. The molecule has 0 radical (unpaired) electrons. The molecular weight excluding hydrogens is 340 g/mol. The highest BCUT2D eigenvalue weighted by atomic mass is 35.5. The van der Waals surface area contributed by atoms with Crippen LogP contribution in [0.4, 0.5) is 4.79 Å². The lowest BCUT2D eigenvalue weighted by Crippen LogP contribution is -2.43. The maximum absolute atomic E-state index is 12.2. The molecule has 1 fully saturated rings. The van der Waals surface area contributed by atoms with Crippen LogP contribution in [0.15, 0.2) is 12.1 Å². The zero-order valence-corrected chi connectivity index (χ0v) is 15.2. The molecule has 1 aromatic heterocycles. The first-order chi connectivity index (χ1) is 10.7. The number of likely N-dealkylation sites (tertiary alicyclic amines) is 1. The second-order valence-electron chi connectivity index (χ2n) is 6.34. The second-order valence-corrected chi connectivity index (χ2v) is 8.06. The molecule has 1 aromatic rings. The second kappa shape index (κ2) is 7.07. The zero-order valence-electron chi connectivity index (χ0n) is 13.6. The van der Waals surface area contributed by atoms with Crippen LogP contribution in [-0.4, -0.2) is 54.8 Å². The standard InChI is InChI=1S/C15H21ClN2O4S/c1-15(2,3)22-14(20)18-7-9(10(8-18)21-4)17-13(19)11-5-6-12(16)23-11/h5-6,9-10H,7-8H2,1-4H3,(H,17,19). The number of ether oxygens (including phenoxy) is 2. The van der Waals surface area contributed by atoms with Gasteiger partial charge in [0.1, 0.15) is 5.60 Å². The number of carbonyl (C=O) groups excluding carboxylic acids is 2. The minimum absolute atomic E-state index is 0.222. The summed E-state index contributed by atoms with van der Waals surface area (Å²) in [5.74, 6) is -0.222. The molecule has 23 heavy (non-hydrogen) atoms. The summed E-state index contributed by atoms with van der Waals surface area (Å²) in [7, 11) is 1.56. The van der Waals surface area contributed by atoms with Crippen molar-refractivity contribution >= 4 is 34.9 Å². The lowest BCUT2D eigenvalue weighted by atomic mass is 10.2. The van der Waals surface area contributed by atoms with E-state index in [9.17, 15) is 9.59 Å². The van der Waals surface area contributed by atoms with E-state index in [4.69, 9.17) is 21.1 Å². The monoisotopic (exact) mass is 360 g/mol. The van der Waals surface area contributed by atoms with Crippen molar-refractivity contribution in [3.05, 3.63) is 21.3 Å². The number of thiophene rings is 1. The van der Waals surface area contributed by atoms with Gasteiger partial charge in [-0.1, -0.05) is 11.6 Å². The summed E-state index contributed by atoms with van der Waals surface area (Å²) < 4.78 is 11.3.